The van der Waals surface area contributed by atoms with Gasteiger partial charge in [-0.2, -0.15) is 0 Å². The van der Waals surface area contributed by atoms with Gasteiger partial charge in [-0.25, -0.2) is 0 Å². The van der Waals surface area contributed by atoms with Crippen LogP contribution >= 0.6 is 11.3 Å². The SMILES string of the molecule is O=c1[nH]c2cc(O)c(O)cc2c2ccsc12. The van der Waals surface area contributed by atoms with Crippen molar-refractivity contribution in [2.45, 2.75) is 0 Å². The Hall–Kier alpha value is -2.01. The summed E-state index contributed by atoms with van der Waals surface area (Å²) in [5.41, 5.74) is 0.341. The average Bonchev–Trinajstić information content (AvgIpc) is 2.71. The number of thiophene rings is 1. The number of nitrogens with one attached hydrogen (secondary N) is 1. The smallest absolute Gasteiger partial charge is 0.266 e. The molecule has 3 rings (SSSR count). The zero-order chi connectivity index (χ0) is 11.3. The summed E-state index contributed by atoms with van der Waals surface area (Å²) in [6.07, 6.45) is 0. The van der Waals surface area contributed by atoms with Gasteiger partial charge in [0.1, 0.15) is 4.70 Å². The number of pyridine rings is 1. The van der Waals surface area contributed by atoms with Gasteiger partial charge < -0.3 is 15.2 Å². The number of aromatic amines is 1. The Bertz CT molecular complexity index is 757. The first-order valence-electron chi connectivity index (χ1n) is 4.62. The number of aromatic nitrogens is 1. The van der Waals surface area contributed by atoms with E-state index in [4.69, 9.17) is 0 Å². The maximum Gasteiger partial charge on any atom is 0.266 e. The molecule has 0 aliphatic heterocycles. The van der Waals surface area contributed by atoms with Crippen molar-refractivity contribution in [3.63, 3.8) is 0 Å². The minimum absolute atomic E-state index is 0.178. The first-order valence-corrected chi connectivity index (χ1v) is 5.50. The third-order valence-electron chi connectivity index (χ3n) is 2.52. The molecule has 5 heteroatoms. The van der Waals surface area contributed by atoms with Gasteiger partial charge in [0.15, 0.2) is 11.5 Å². The molecule has 1 aromatic carbocycles. The Kier molecular flexibility index (Phi) is 1.73. The first-order chi connectivity index (χ1) is 7.66. The molecule has 0 aliphatic carbocycles. The van der Waals surface area contributed by atoms with E-state index in [1.807, 2.05) is 11.4 Å². The van der Waals surface area contributed by atoms with Gasteiger partial charge in [0.25, 0.3) is 5.56 Å². The number of hydrogen-bond donors (Lipinski definition) is 3. The molecule has 3 N–H and O–H groups in total. The Morgan fingerprint density at radius 1 is 1.12 bits per heavy atom. The molecule has 4 nitrogen and oxygen atoms in total. The van der Waals surface area contributed by atoms with Crippen LogP contribution in [0.5, 0.6) is 11.5 Å². The van der Waals surface area contributed by atoms with Gasteiger partial charge in [-0.05, 0) is 17.5 Å². The van der Waals surface area contributed by atoms with Crippen molar-refractivity contribution >= 4 is 32.3 Å². The van der Waals surface area contributed by atoms with Crippen molar-refractivity contribution in [1.29, 1.82) is 0 Å². The molecular formula is C11H7NO3S. The zero-order valence-corrected chi connectivity index (χ0v) is 8.84. The second-order valence-electron chi connectivity index (χ2n) is 3.50. The van der Waals surface area contributed by atoms with Crippen molar-refractivity contribution < 1.29 is 10.2 Å². The molecule has 0 saturated heterocycles. The van der Waals surface area contributed by atoms with E-state index in [1.54, 1.807) is 0 Å². The number of H-pyrrole nitrogens is 1. The quantitative estimate of drug-likeness (QED) is 0.521. The first kappa shape index (κ1) is 9.23. The Morgan fingerprint density at radius 2 is 1.88 bits per heavy atom. The molecule has 0 saturated carbocycles. The summed E-state index contributed by atoms with van der Waals surface area (Å²) in [4.78, 5) is 14.3. The molecule has 0 bridgehead atoms. The summed E-state index contributed by atoms with van der Waals surface area (Å²) in [5.74, 6) is -0.426. The van der Waals surface area contributed by atoms with Crippen LogP contribution in [0.1, 0.15) is 0 Å². The molecule has 0 atom stereocenters. The van der Waals surface area contributed by atoms with Crippen LogP contribution in [0.4, 0.5) is 0 Å². The fraction of sp³-hybridized carbons (Fsp3) is 0. The van der Waals surface area contributed by atoms with Crippen molar-refractivity contribution in [2.24, 2.45) is 0 Å². The van der Waals surface area contributed by atoms with Crippen LogP contribution in [-0.4, -0.2) is 15.2 Å². The lowest BCUT2D eigenvalue weighted by atomic mass is 10.1. The van der Waals surface area contributed by atoms with Gasteiger partial charge in [-0.15, -0.1) is 11.3 Å². The van der Waals surface area contributed by atoms with Crippen LogP contribution in [0.15, 0.2) is 28.4 Å². The number of benzene rings is 1. The van der Waals surface area contributed by atoms with Gasteiger partial charge in [-0.1, -0.05) is 0 Å². The lowest BCUT2D eigenvalue weighted by molar-refractivity contribution is 0.405. The molecule has 0 aliphatic rings. The number of phenolic OH excluding ortho intramolecular Hbond substituents is 2. The van der Waals surface area contributed by atoms with Gasteiger partial charge in [0, 0.05) is 16.8 Å². The number of phenols is 2. The van der Waals surface area contributed by atoms with Crippen LogP contribution in [0.3, 0.4) is 0 Å². The highest BCUT2D eigenvalue weighted by molar-refractivity contribution is 7.17. The van der Waals surface area contributed by atoms with Crippen molar-refractivity contribution in [3.8, 4) is 11.5 Å². The topological polar surface area (TPSA) is 73.3 Å². The summed E-state index contributed by atoms with van der Waals surface area (Å²) in [5, 5.41) is 22.1. The van der Waals surface area contributed by atoms with E-state index >= 15 is 0 Å². The maximum atomic E-state index is 11.7. The molecule has 0 fully saturated rings. The number of aromatic hydroxyl groups is 2. The molecule has 0 spiro atoms. The average molecular weight is 233 g/mol. The monoisotopic (exact) mass is 233 g/mol. The van der Waals surface area contributed by atoms with E-state index in [0.29, 0.717) is 10.2 Å². The van der Waals surface area contributed by atoms with Crippen LogP contribution in [0.2, 0.25) is 0 Å². The summed E-state index contributed by atoms with van der Waals surface area (Å²) in [6.45, 7) is 0. The van der Waals surface area contributed by atoms with Gasteiger partial charge in [0.05, 0.1) is 5.52 Å². The Morgan fingerprint density at radius 3 is 2.69 bits per heavy atom. The van der Waals surface area contributed by atoms with Crippen molar-refractivity contribution in [1.82, 2.24) is 4.98 Å². The molecular weight excluding hydrogens is 226 g/mol. The van der Waals surface area contributed by atoms with E-state index < -0.39 is 0 Å². The second-order valence-corrected chi connectivity index (χ2v) is 4.42. The highest BCUT2D eigenvalue weighted by Gasteiger charge is 2.09. The molecule has 16 heavy (non-hydrogen) atoms. The minimum atomic E-state index is -0.238. The predicted octanol–water partition coefficient (Wildman–Crippen LogP) is 2.15. The fourth-order valence-corrected chi connectivity index (χ4v) is 2.58. The largest absolute Gasteiger partial charge is 0.504 e. The summed E-state index contributed by atoms with van der Waals surface area (Å²) in [6, 6.07) is 4.63. The number of rotatable bonds is 0. The molecule has 2 heterocycles. The van der Waals surface area contributed by atoms with Crippen LogP contribution in [-0.2, 0) is 0 Å². The molecule has 0 unspecified atom stereocenters. The van der Waals surface area contributed by atoms with Gasteiger partial charge in [-0.3, -0.25) is 4.79 Å². The molecule has 0 radical (unpaired) electrons. The highest BCUT2D eigenvalue weighted by Crippen LogP contribution is 2.33. The fourth-order valence-electron chi connectivity index (χ4n) is 1.78. The van der Waals surface area contributed by atoms with Crippen molar-refractivity contribution in [3.05, 3.63) is 33.9 Å². The zero-order valence-electron chi connectivity index (χ0n) is 8.02. The highest BCUT2D eigenvalue weighted by atomic mass is 32.1. The summed E-state index contributed by atoms with van der Waals surface area (Å²) < 4.78 is 0.623. The van der Waals surface area contributed by atoms with E-state index in [2.05, 4.69) is 4.98 Å². The third-order valence-corrected chi connectivity index (χ3v) is 3.44. The lowest BCUT2D eigenvalue weighted by Gasteiger charge is -2.02. The van der Waals surface area contributed by atoms with E-state index in [-0.39, 0.29) is 17.1 Å². The summed E-state index contributed by atoms with van der Waals surface area (Å²) >= 11 is 1.35. The van der Waals surface area contributed by atoms with E-state index in [1.165, 1.54) is 23.5 Å². The minimum Gasteiger partial charge on any atom is -0.504 e. The van der Waals surface area contributed by atoms with Crippen LogP contribution in [0, 0.1) is 0 Å². The number of hydrogen-bond acceptors (Lipinski definition) is 4. The van der Waals surface area contributed by atoms with Crippen LogP contribution < -0.4 is 5.56 Å². The van der Waals surface area contributed by atoms with Crippen LogP contribution in [0.25, 0.3) is 21.0 Å². The standard InChI is InChI=1S/C11H7NO3S/c13-8-3-6-5-1-2-16-10(5)11(15)12-7(6)4-9(8)14/h1-4,13-14H,(H,12,15). The van der Waals surface area contributed by atoms with Gasteiger partial charge in [0.2, 0.25) is 0 Å². The number of fused-ring (bicyclic) bond motifs is 3. The van der Waals surface area contributed by atoms with E-state index in [0.717, 1.165) is 10.8 Å². The molecule has 2 aromatic heterocycles. The second kappa shape index (κ2) is 2.99. The maximum absolute atomic E-state index is 11.7. The van der Waals surface area contributed by atoms with Crippen molar-refractivity contribution in [2.75, 3.05) is 0 Å². The molecule has 0 amide bonds. The molecule has 80 valence electrons. The normalized spacial score (nSPS) is 11.2. The lowest BCUT2D eigenvalue weighted by Crippen LogP contribution is -2.03. The van der Waals surface area contributed by atoms with E-state index in [9.17, 15) is 15.0 Å². The Labute approximate surface area is 93.4 Å². The predicted molar refractivity (Wildman–Crippen MR) is 63.3 cm³/mol. The molecule has 3 aromatic rings. The van der Waals surface area contributed by atoms with Gasteiger partial charge >= 0.3 is 0 Å². The summed E-state index contributed by atoms with van der Waals surface area (Å²) in [7, 11) is 0. The Balaban J connectivity index is 2.64. The third kappa shape index (κ3) is 1.12.